The van der Waals surface area contributed by atoms with Gasteiger partial charge >= 0.3 is 0 Å². The zero-order valence-electron chi connectivity index (χ0n) is 11.5. The van der Waals surface area contributed by atoms with Gasteiger partial charge in [-0.15, -0.1) is 0 Å². The molecule has 0 bridgehead atoms. The second-order valence-corrected chi connectivity index (χ2v) is 3.89. The maximum absolute atomic E-state index is 11.8. The van der Waals surface area contributed by atoms with Crippen molar-refractivity contribution in [2.75, 3.05) is 45.8 Å². The molecule has 0 aromatic carbocycles. The SMILES string of the molecule is COCCNC(=O)c1cc(C)nc(NCCOC)n1. The fraction of sp³-hybridized carbons (Fsp3) is 0.583. The van der Waals surface area contributed by atoms with Crippen LogP contribution in [0.3, 0.4) is 0 Å². The monoisotopic (exact) mass is 268 g/mol. The lowest BCUT2D eigenvalue weighted by Gasteiger charge is -2.08. The summed E-state index contributed by atoms with van der Waals surface area (Å²) < 4.78 is 9.79. The third-order valence-corrected chi connectivity index (χ3v) is 2.27. The molecule has 1 rings (SSSR count). The zero-order chi connectivity index (χ0) is 14.1. The van der Waals surface area contributed by atoms with E-state index in [1.54, 1.807) is 20.3 Å². The van der Waals surface area contributed by atoms with Crippen molar-refractivity contribution in [3.8, 4) is 0 Å². The van der Waals surface area contributed by atoms with Gasteiger partial charge in [0.15, 0.2) is 0 Å². The van der Waals surface area contributed by atoms with Gasteiger partial charge in [0.1, 0.15) is 5.69 Å². The van der Waals surface area contributed by atoms with Crippen LogP contribution in [0, 0.1) is 6.92 Å². The highest BCUT2D eigenvalue weighted by Gasteiger charge is 2.09. The Morgan fingerprint density at radius 1 is 1.21 bits per heavy atom. The van der Waals surface area contributed by atoms with Crippen LogP contribution >= 0.6 is 0 Å². The molecule has 0 spiro atoms. The standard InChI is InChI=1S/C12H20N4O3/c1-9-8-10(11(17)13-4-6-18-2)16-12(15-9)14-5-7-19-3/h8H,4-7H2,1-3H3,(H,13,17)(H,14,15,16). The number of ether oxygens (including phenoxy) is 2. The zero-order valence-corrected chi connectivity index (χ0v) is 11.5. The first-order chi connectivity index (χ1) is 9.17. The molecule has 0 aliphatic heterocycles. The summed E-state index contributed by atoms with van der Waals surface area (Å²) in [5.74, 6) is 0.186. The molecule has 0 atom stereocenters. The van der Waals surface area contributed by atoms with Gasteiger partial charge in [-0.2, -0.15) is 0 Å². The number of carbonyl (C=O) groups excluding carboxylic acids is 1. The van der Waals surface area contributed by atoms with Gasteiger partial charge in [0.2, 0.25) is 5.95 Å². The lowest BCUT2D eigenvalue weighted by Crippen LogP contribution is -2.28. The van der Waals surface area contributed by atoms with Crippen LogP contribution in [0.15, 0.2) is 6.07 Å². The number of carbonyl (C=O) groups is 1. The molecule has 7 heteroatoms. The van der Waals surface area contributed by atoms with Crippen LogP contribution in [-0.4, -0.2) is 56.4 Å². The van der Waals surface area contributed by atoms with E-state index in [9.17, 15) is 4.79 Å². The van der Waals surface area contributed by atoms with Gasteiger partial charge in [-0.1, -0.05) is 0 Å². The van der Waals surface area contributed by atoms with Crippen LogP contribution in [0.25, 0.3) is 0 Å². The molecule has 1 aromatic rings. The number of nitrogens with zero attached hydrogens (tertiary/aromatic N) is 2. The summed E-state index contributed by atoms with van der Waals surface area (Å²) in [5.41, 5.74) is 1.07. The summed E-state index contributed by atoms with van der Waals surface area (Å²) in [6.45, 7) is 3.87. The van der Waals surface area contributed by atoms with E-state index in [4.69, 9.17) is 9.47 Å². The van der Waals surface area contributed by atoms with Crippen molar-refractivity contribution < 1.29 is 14.3 Å². The largest absolute Gasteiger partial charge is 0.383 e. The summed E-state index contributed by atoms with van der Waals surface area (Å²) in [7, 11) is 3.20. The second-order valence-electron chi connectivity index (χ2n) is 3.89. The molecule has 1 aromatic heterocycles. The third-order valence-electron chi connectivity index (χ3n) is 2.27. The molecular formula is C12H20N4O3. The number of methoxy groups -OCH3 is 2. The predicted octanol–water partition coefficient (Wildman–Crippen LogP) is 0.220. The van der Waals surface area contributed by atoms with E-state index in [1.807, 2.05) is 6.92 Å². The van der Waals surface area contributed by atoms with Gasteiger partial charge in [-0.25, -0.2) is 9.97 Å². The smallest absolute Gasteiger partial charge is 0.270 e. The number of nitrogens with one attached hydrogen (secondary N) is 2. The van der Waals surface area contributed by atoms with Crippen molar-refractivity contribution in [1.29, 1.82) is 0 Å². The number of aryl methyl sites for hydroxylation is 1. The lowest BCUT2D eigenvalue weighted by molar-refractivity contribution is 0.0932. The summed E-state index contributed by atoms with van der Waals surface area (Å²) in [6, 6.07) is 1.64. The Morgan fingerprint density at radius 3 is 2.58 bits per heavy atom. The summed E-state index contributed by atoms with van der Waals surface area (Å²) in [5, 5.41) is 5.71. The highest BCUT2D eigenvalue weighted by atomic mass is 16.5. The minimum Gasteiger partial charge on any atom is -0.383 e. The number of amides is 1. The fourth-order valence-corrected chi connectivity index (χ4v) is 1.39. The van der Waals surface area contributed by atoms with E-state index in [0.717, 1.165) is 5.69 Å². The minimum atomic E-state index is -0.239. The van der Waals surface area contributed by atoms with Crippen LogP contribution in [0.1, 0.15) is 16.2 Å². The molecule has 19 heavy (non-hydrogen) atoms. The van der Waals surface area contributed by atoms with Crippen molar-refractivity contribution >= 4 is 11.9 Å². The fourth-order valence-electron chi connectivity index (χ4n) is 1.39. The Morgan fingerprint density at radius 2 is 1.89 bits per heavy atom. The van der Waals surface area contributed by atoms with Crippen molar-refractivity contribution in [1.82, 2.24) is 15.3 Å². The average molecular weight is 268 g/mol. The summed E-state index contributed by atoms with van der Waals surface area (Å²) in [4.78, 5) is 20.2. The molecule has 7 nitrogen and oxygen atoms in total. The van der Waals surface area contributed by atoms with E-state index in [0.29, 0.717) is 37.9 Å². The maximum atomic E-state index is 11.8. The Balaban J connectivity index is 2.64. The van der Waals surface area contributed by atoms with Crippen molar-refractivity contribution in [3.05, 3.63) is 17.5 Å². The molecule has 0 saturated carbocycles. The Hall–Kier alpha value is -1.73. The number of aromatic nitrogens is 2. The minimum absolute atomic E-state index is 0.239. The van der Waals surface area contributed by atoms with Gasteiger partial charge in [0.25, 0.3) is 5.91 Å². The molecule has 2 N–H and O–H groups in total. The summed E-state index contributed by atoms with van der Waals surface area (Å²) >= 11 is 0. The first-order valence-electron chi connectivity index (χ1n) is 6.03. The maximum Gasteiger partial charge on any atom is 0.270 e. The van der Waals surface area contributed by atoms with Crippen molar-refractivity contribution in [2.24, 2.45) is 0 Å². The summed E-state index contributed by atoms with van der Waals surface area (Å²) in [6.07, 6.45) is 0. The molecule has 106 valence electrons. The lowest BCUT2D eigenvalue weighted by atomic mass is 10.3. The molecule has 0 aliphatic rings. The molecule has 0 fully saturated rings. The quantitative estimate of drug-likeness (QED) is 0.656. The molecule has 0 radical (unpaired) electrons. The Kier molecular flexibility index (Phi) is 6.76. The first kappa shape index (κ1) is 15.3. The molecule has 0 saturated heterocycles. The van der Waals surface area contributed by atoms with E-state index in [2.05, 4.69) is 20.6 Å². The van der Waals surface area contributed by atoms with Crippen LogP contribution in [0.4, 0.5) is 5.95 Å². The molecule has 0 unspecified atom stereocenters. The first-order valence-corrected chi connectivity index (χ1v) is 6.03. The molecule has 1 heterocycles. The Bertz CT molecular complexity index is 412. The van der Waals surface area contributed by atoms with E-state index in [-0.39, 0.29) is 5.91 Å². The number of anilines is 1. The highest BCUT2D eigenvalue weighted by Crippen LogP contribution is 2.04. The normalized spacial score (nSPS) is 10.3. The van der Waals surface area contributed by atoms with Gasteiger partial charge in [0, 0.05) is 33.0 Å². The van der Waals surface area contributed by atoms with Gasteiger partial charge < -0.3 is 20.1 Å². The van der Waals surface area contributed by atoms with Crippen LogP contribution in [-0.2, 0) is 9.47 Å². The van der Waals surface area contributed by atoms with Crippen molar-refractivity contribution in [3.63, 3.8) is 0 Å². The van der Waals surface area contributed by atoms with E-state index in [1.165, 1.54) is 0 Å². The Labute approximate surface area is 112 Å². The van der Waals surface area contributed by atoms with Crippen LogP contribution in [0.2, 0.25) is 0 Å². The van der Waals surface area contributed by atoms with E-state index >= 15 is 0 Å². The van der Waals surface area contributed by atoms with Crippen molar-refractivity contribution in [2.45, 2.75) is 6.92 Å². The predicted molar refractivity (Wildman–Crippen MR) is 71.3 cm³/mol. The number of rotatable bonds is 8. The number of hydrogen-bond acceptors (Lipinski definition) is 6. The van der Waals surface area contributed by atoms with Gasteiger partial charge in [-0.05, 0) is 13.0 Å². The van der Waals surface area contributed by atoms with Gasteiger partial charge in [0.05, 0.1) is 13.2 Å². The number of hydrogen-bond donors (Lipinski definition) is 2. The van der Waals surface area contributed by atoms with Crippen LogP contribution < -0.4 is 10.6 Å². The molecule has 1 amide bonds. The molecular weight excluding hydrogens is 248 g/mol. The highest BCUT2D eigenvalue weighted by molar-refractivity contribution is 5.92. The topological polar surface area (TPSA) is 85.4 Å². The average Bonchev–Trinajstić information content (AvgIpc) is 2.38. The van der Waals surface area contributed by atoms with Gasteiger partial charge in [-0.3, -0.25) is 4.79 Å². The van der Waals surface area contributed by atoms with E-state index < -0.39 is 0 Å². The third kappa shape index (κ3) is 5.62. The molecule has 0 aliphatic carbocycles. The van der Waals surface area contributed by atoms with Crippen LogP contribution in [0.5, 0.6) is 0 Å². The second kappa shape index (κ2) is 8.39.